The first-order valence-corrected chi connectivity index (χ1v) is 10.3. The third-order valence-electron chi connectivity index (χ3n) is 4.47. The zero-order chi connectivity index (χ0) is 17.2. The van der Waals surface area contributed by atoms with Crippen molar-refractivity contribution < 1.29 is 8.42 Å². The van der Waals surface area contributed by atoms with Gasteiger partial charge in [0.1, 0.15) is 5.82 Å². The standard InChI is InChI=1S/C16H22N4O2S2/c1-24(21,22)19-10-5-8-14(12-19)15-17-18-16(23)20(15)11-9-13-6-3-2-4-7-13/h2-4,6-7,14H,5,8-12H2,1H3,(H,18,23). The Hall–Kier alpha value is -1.51. The lowest BCUT2D eigenvalue weighted by Crippen LogP contribution is -2.39. The highest BCUT2D eigenvalue weighted by molar-refractivity contribution is 7.88. The van der Waals surface area contributed by atoms with Gasteiger partial charge in [-0.3, -0.25) is 5.10 Å². The van der Waals surface area contributed by atoms with E-state index in [1.54, 1.807) is 4.31 Å². The van der Waals surface area contributed by atoms with Crippen LogP contribution < -0.4 is 0 Å². The maximum absolute atomic E-state index is 11.8. The van der Waals surface area contributed by atoms with Gasteiger partial charge in [0.25, 0.3) is 0 Å². The Balaban J connectivity index is 1.78. The molecule has 8 heteroatoms. The van der Waals surface area contributed by atoms with Crippen molar-refractivity contribution >= 4 is 22.2 Å². The van der Waals surface area contributed by atoms with Crippen LogP contribution in [-0.4, -0.2) is 46.8 Å². The molecule has 1 aromatic carbocycles. The van der Waals surface area contributed by atoms with Crippen molar-refractivity contribution in [2.24, 2.45) is 0 Å². The summed E-state index contributed by atoms with van der Waals surface area (Å²) in [5.41, 5.74) is 1.24. The fraction of sp³-hybridized carbons (Fsp3) is 0.500. The van der Waals surface area contributed by atoms with Crippen molar-refractivity contribution in [2.45, 2.75) is 31.7 Å². The number of nitrogens with one attached hydrogen (secondary N) is 1. The van der Waals surface area contributed by atoms with Gasteiger partial charge in [0.15, 0.2) is 4.77 Å². The van der Waals surface area contributed by atoms with E-state index in [0.717, 1.165) is 31.6 Å². The van der Waals surface area contributed by atoms with Crippen molar-refractivity contribution in [1.29, 1.82) is 0 Å². The third-order valence-corrected chi connectivity index (χ3v) is 6.05. The molecule has 3 rings (SSSR count). The van der Waals surface area contributed by atoms with Crippen LogP contribution in [0.1, 0.15) is 30.1 Å². The Kier molecular flexibility index (Phi) is 5.17. The summed E-state index contributed by atoms with van der Waals surface area (Å²) in [6, 6.07) is 10.2. The van der Waals surface area contributed by atoms with Crippen LogP contribution in [0.5, 0.6) is 0 Å². The summed E-state index contributed by atoms with van der Waals surface area (Å²) >= 11 is 5.37. The van der Waals surface area contributed by atoms with E-state index in [9.17, 15) is 8.42 Å². The number of benzene rings is 1. The van der Waals surface area contributed by atoms with Gasteiger partial charge in [0, 0.05) is 25.6 Å². The summed E-state index contributed by atoms with van der Waals surface area (Å²) in [7, 11) is -3.17. The van der Waals surface area contributed by atoms with E-state index in [0.29, 0.717) is 17.9 Å². The van der Waals surface area contributed by atoms with Gasteiger partial charge >= 0.3 is 0 Å². The van der Waals surface area contributed by atoms with Crippen LogP contribution in [0, 0.1) is 4.77 Å². The third kappa shape index (κ3) is 3.93. The normalized spacial score (nSPS) is 19.5. The number of aromatic amines is 1. The van der Waals surface area contributed by atoms with Crippen LogP contribution in [0.4, 0.5) is 0 Å². The number of aromatic nitrogens is 3. The molecule has 0 radical (unpaired) electrons. The molecule has 0 bridgehead atoms. The van der Waals surface area contributed by atoms with Gasteiger partial charge in [-0.15, -0.1) is 0 Å². The first-order valence-electron chi connectivity index (χ1n) is 8.09. The van der Waals surface area contributed by atoms with E-state index in [4.69, 9.17) is 12.2 Å². The smallest absolute Gasteiger partial charge is 0.211 e. The molecule has 1 saturated heterocycles. The van der Waals surface area contributed by atoms with E-state index in [1.807, 2.05) is 22.8 Å². The molecule has 0 saturated carbocycles. The highest BCUT2D eigenvalue weighted by Crippen LogP contribution is 2.27. The topological polar surface area (TPSA) is 71.0 Å². The summed E-state index contributed by atoms with van der Waals surface area (Å²) in [5, 5.41) is 7.26. The van der Waals surface area contributed by atoms with Crippen molar-refractivity contribution in [3.05, 3.63) is 46.5 Å². The van der Waals surface area contributed by atoms with Crippen LogP contribution in [0.3, 0.4) is 0 Å². The van der Waals surface area contributed by atoms with E-state index in [1.165, 1.54) is 11.8 Å². The number of rotatable bonds is 5. The number of aryl methyl sites for hydroxylation is 1. The van der Waals surface area contributed by atoms with Crippen molar-refractivity contribution in [3.63, 3.8) is 0 Å². The lowest BCUT2D eigenvalue weighted by molar-refractivity contribution is 0.306. The van der Waals surface area contributed by atoms with Gasteiger partial charge in [0.2, 0.25) is 10.0 Å². The van der Waals surface area contributed by atoms with E-state index < -0.39 is 10.0 Å². The zero-order valence-corrected chi connectivity index (χ0v) is 15.3. The quantitative estimate of drug-likeness (QED) is 0.825. The molecule has 1 N–H and O–H groups in total. The minimum absolute atomic E-state index is 0.0807. The lowest BCUT2D eigenvalue weighted by atomic mass is 9.98. The fourth-order valence-electron chi connectivity index (χ4n) is 3.20. The Morgan fingerprint density at radius 2 is 2.08 bits per heavy atom. The van der Waals surface area contributed by atoms with E-state index in [-0.39, 0.29) is 5.92 Å². The maximum Gasteiger partial charge on any atom is 0.211 e. The van der Waals surface area contributed by atoms with Crippen LogP contribution in [0.15, 0.2) is 30.3 Å². The summed E-state index contributed by atoms with van der Waals surface area (Å²) in [6.45, 7) is 1.80. The molecule has 0 spiro atoms. The molecule has 0 aliphatic carbocycles. The van der Waals surface area contributed by atoms with Gasteiger partial charge in [0.05, 0.1) is 6.26 Å². The molecule has 130 valence electrons. The van der Waals surface area contributed by atoms with Crippen LogP contribution in [-0.2, 0) is 23.0 Å². The molecule has 1 aliphatic rings. The Bertz CT molecular complexity index is 842. The monoisotopic (exact) mass is 366 g/mol. The van der Waals surface area contributed by atoms with E-state index in [2.05, 4.69) is 22.3 Å². The van der Waals surface area contributed by atoms with Crippen LogP contribution in [0.2, 0.25) is 0 Å². The molecule has 2 aromatic rings. The number of sulfonamides is 1. The van der Waals surface area contributed by atoms with Gasteiger partial charge in [-0.25, -0.2) is 12.7 Å². The summed E-state index contributed by atoms with van der Waals surface area (Å²) in [5.74, 6) is 0.946. The largest absolute Gasteiger partial charge is 0.304 e. The minimum atomic E-state index is -3.17. The molecule has 1 fully saturated rings. The van der Waals surface area contributed by atoms with Gasteiger partial charge < -0.3 is 4.57 Å². The van der Waals surface area contributed by atoms with Gasteiger partial charge in [-0.05, 0) is 37.0 Å². The lowest BCUT2D eigenvalue weighted by Gasteiger charge is -2.30. The Labute approximate surface area is 147 Å². The zero-order valence-electron chi connectivity index (χ0n) is 13.7. The first kappa shape index (κ1) is 17.3. The fourth-order valence-corrected chi connectivity index (χ4v) is 4.34. The number of hydrogen-bond donors (Lipinski definition) is 1. The molecule has 1 unspecified atom stereocenters. The van der Waals surface area contributed by atoms with Gasteiger partial charge in [-0.2, -0.15) is 5.10 Å². The predicted octanol–water partition coefficient (Wildman–Crippen LogP) is 2.32. The second-order valence-electron chi connectivity index (χ2n) is 6.23. The number of nitrogens with zero attached hydrogens (tertiary/aromatic N) is 3. The number of hydrogen-bond acceptors (Lipinski definition) is 4. The molecule has 1 aromatic heterocycles. The number of piperidine rings is 1. The highest BCUT2D eigenvalue weighted by atomic mass is 32.2. The number of H-pyrrole nitrogens is 1. The molecule has 6 nitrogen and oxygen atoms in total. The molecule has 1 atom stereocenters. The molecule has 2 heterocycles. The highest BCUT2D eigenvalue weighted by Gasteiger charge is 2.29. The van der Waals surface area contributed by atoms with Crippen molar-refractivity contribution in [2.75, 3.05) is 19.3 Å². The maximum atomic E-state index is 11.8. The second kappa shape index (κ2) is 7.16. The van der Waals surface area contributed by atoms with Crippen LogP contribution >= 0.6 is 12.2 Å². The summed E-state index contributed by atoms with van der Waals surface area (Å²) in [6.07, 6.45) is 3.90. The minimum Gasteiger partial charge on any atom is -0.304 e. The SMILES string of the molecule is CS(=O)(=O)N1CCCC(c2n[nH]c(=S)n2CCc2ccccc2)C1. The average molecular weight is 367 g/mol. The first-order chi connectivity index (χ1) is 11.4. The van der Waals surface area contributed by atoms with E-state index >= 15 is 0 Å². The van der Waals surface area contributed by atoms with Gasteiger partial charge in [-0.1, -0.05) is 30.3 Å². The summed E-state index contributed by atoms with van der Waals surface area (Å²) in [4.78, 5) is 0. The van der Waals surface area contributed by atoms with Crippen LogP contribution in [0.25, 0.3) is 0 Å². The molecular weight excluding hydrogens is 344 g/mol. The molecule has 1 aliphatic heterocycles. The van der Waals surface area contributed by atoms with Crippen molar-refractivity contribution in [1.82, 2.24) is 19.1 Å². The molecule has 0 amide bonds. The summed E-state index contributed by atoms with van der Waals surface area (Å²) < 4.78 is 27.8. The molecule has 24 heavy (non-hydrogen) atoms. The average Bonchev–Trinajstić information content (AvgIpc) is 2.94. The molecular formula is C16H22N4O2S2. The Morgan fingerprint density at radius 1 is 1.33 bits per heavy atom. The Morgan fingerprint density at radius 3 is 2.79 bits per heavy atom. The predicted molar refractivity (Wildman–Crippen MR) is 95.9 cm³/mol. The second-order valence-corrected chi connectivity index (χ2v) is 8.60. The van der Waals surface area contributed by atoms with Crippen molar-refractivity contribution in [3.8, 4) is 0 Å².